The van der Waals surface area contributed by atoms with Crippen LogP contribution in [-0.2, 0) is 6.42 Å². The van der Waals surface area contributed by atoms with Gasteiger partial charge in [0.1, 0.15) is 0 Å². The van der Waals surface area contributed by atoms with E-state index < -0.39 is 0 Å². The summed E-state index contributed by atoms with van der Waals surface area (Å²) in [6.45, 7) is 5.55. The first-order chi connectivity index (χ1) is 9.76. The van der Waals surface area contributed by atoms with Crippen LogP contribution in [0.4, 0.5) is 0 Å². The molecule has 0 aliphatic rings. The van der Waals surface area contributed by atoms with Crippen LogP contribution in [0.3, 0.4) is 0 Å². The Balaban J connectivity index is 2.27. The zero-order valence-corrected chi connectivity index (χ0v) is 14.7. The molecular formula is C18H30BrN. The van der Waals surface area contributed by atoms with Crippen molar-refractivity contribution in [1.82, 2.24) is 5.32 Å². The van der Waals surface area contributed by atoms with E-state index in [0.29, 0.717) is 6.04 Å². The summed E-state index contributed by atoms with van der Waals surface area (Å²) in [6.07, 6.45) is 10.8. The van der Waals surface area contributed by atoms with Gasteiger partial charge in [0.2, 0.25) is 0 Å². The van der Waals surface area contributed by atoms with Crippen molar-refractivity contribution in [3.63, 3.8) is 0 Å². The molecule has 0 saturated carbocycles. The van der Waals surface area contributed by atoms with Crippen LogP contribution in [0.15, 0.2) is 28.7 Å². The van der Waals surface area contributed by atoms with Gasteiger partial charge in [-0.25, -0.2) is 0 Å². The van der Waals surface area contributed by atoms with Gasteiger partial charge in [-0.3, -0.25) is 0 Å². The van der Waals surface area contributed by atoms with Gasteiger partial charge in [0.15, 0.2) is 0 Å². The molecule has 0 aliphatic heterocycles. The highest BCUT2D eigenvalue weighted by molar-refractivity contribution is 9.10. The summed E-state index contributed by atoms with van der Waals surface area (Å²) in [6, 6.07) is 9.38. The normalized spacial score (nSPS) is 12.6. The molecule has 1 N–H and O–H groups in total. The van der Waals surface area contributed by atoms with Gasteiger partial charge in [-0.1, -0.05) is 80.4 Å². The van der Waals surface area contributed by atoms with Gasteiger partial charge < -0.3 is 5.32 Å². The van der Waals surface area contributed by atoms with Gasteiger partial charge in [-0.2, -0.15) is 0 Å². The lowest BCUT2D eigenvalue weighted by Gasteiger charge is -2.18. The summed E-state index contributed by atoms with van der Waals surface area (Å²) in [4.78, 5) is 0. The van der Waals surface area contributed by atoms with Crippen molar-refractivity contribution in [2.24, 2.45) is 0 Å². The molecule has 0 aromatic heterocycles. The van der Waals surface area contributed by atoms with Gasteiger partial charge in [0, 0.05) is 10.5 Å². The number of hydrogen-bond donors (Lipinski definition) is 1. The Hall–Kier alpha value is -0.340. The van der Waals surface area contributed by atoms with E-state index in [4.69, 9.17) is 0 Å². The minimum atomic E-state index is 0.632. The van der Waals surface area contributed by atoms with Gasteiger partial charge in [-0.15, -0.1) is 0 Å². The molecule has 1 unspecified atom stereocenters. The molecule has 20 heavy (non-hydrogen) atoms. The van der Waals surface area contributed by atoms with E-state index in [9.17, 15) is 0 Å². The third-order valence-electron chi connectivity index (χ3n) is 3.79. The summed E-state index contributed by atoms with van der Waals surface area (Å²) in [5, 5.41) is 3.64. The first-order valence-electron chi connectivity index (χ1n) is 8.24. The molecule has 0 heterocycles. The lowest BCUT2D eigenvalue weighted by molar-refractivity contribution is 0.459. The quantitative estimate of drug-likeness (QED) is 0.508. The van der Waals surface area contributed by atoms with Crippen LogP contribution in [0.2, 0.25) is 0 Å². The summed E-state index contributed by atoms with van der Waals surface area (Å²) >= 11 is 3.50. The van der Waals surface area contributed by atoms with Gasteiger partial charge in [0.25, 0.3) is 0 Å². The lowest BCUT2D eigenvalue weighted by atomic mass is 9.99. The standard InChI is InChI=1S/C18H30BrN/c1-3-5-6-7-8-9-10-18(20-4-2)15-16-11-13-17(19)14-12-16/h11-14,18,20H,3-10,15H2,1-2H3. The number of benzene rings is 1. The third kappa shape index (κ3) is 8.06. The minimum absolute atomic E-state index is 0.632. The average molecular weight is 340 g/mol. The average Bonchev–Trinajstić information content (AvgIpc) is 2.45. The lowest BCUT2D eigenvalue weighted by Crippen LogP contribution is -2.30. The maximum atomic E-state index is 3.64. The van der Waals surface area contributed by atoms with E-state index in [1.165, 1.54) is 50.5 Å². The van der Waals surface area contributed by atoms with Crippen molar-refractivity contribution in [3.05, 3.63) is 34.3 Å². The number of rotatable bonds is 11. The van der Waals surface area contributed by atoms with Crippen LogP contribution in [0, 0.1) is 0 Å². The van der Waals surface area contributed by atoms with Crippen LogP contribution in [0.1, 0.15) is 64.4 Å². The first-order valence-corrected chi connectivity index (χ1v) is 9.03. The van der Waals surface area contributed by atoms with E-state index in [1.54, 1.807) is 0 Å². The minimum Gasteiger partial charge on any atom is -0.314 e. The highest BCUT2D eigenvalue weighted by Gasteiger charge is 2.08. The first kappa shape index (κ1) is 17.7. The van der Waals surface area contributed by atoms with Crippen molar-refractivity contribution < 1.29 is 0 Å². The van der Waals surface area contributed by atoms with Crippen molar-refractivity contribution in [3.8, 4) is 0 Å². The fraction of sp³-hybridized carbons (Fsp3) is 0.667. The number of hydrogen-bond acceptors (Lipinski definition) is 1. The predicted octanol–water partition coefficient (Wildman–Crippen LogP) is 5.72. The molecule has 0 fully saturated rings. The van der Waals surface area contributed by atoms with Crippen molar-refractivity contribution in [1.29, 1.82) is 0 Å². The topological polar surface area (TPSA) is 12.0 Å². The van der Waals surface area contributed by atoms with E-state index in [1.807, 2.05) is 0 Å². The fourth-order valence-corrected chi connectivity index (χ4v) is 2.91. The Morgan fingerprint density at radius 2 is 1.60 bits per heavy atom. The maximum Gasteiger partial charge on any atom is 0.0175 e. The van der Waals surface area contributed by atoms with E-state index in [0.717, 1.165) is 17.4 Å². The zero-order valence-electron chi connectivity index (χ0n) is 13.1. The highest BCUT2D eigenvalue weighted by Crippen LogP contribution is 2.15. The van der Waals surface area contributed by atoms with Crippen LogP contribution in [-0.4, -0.2) is 12.6 Å². The molecular weight excluding hydrogens is 310 g/mol. The van der Waals surface area contributed by atoms with Crippen LogP contribution in [0.25, 0.3) is 0 Å². The molecule has 0 radical (unpaired) electrons. The molecule has 2 heteroatoms. The Morgan fingerprint density at radius 3 is 2.25 bits per heavy atom. The molecule has 1 atom stereocenters. The van der Waals surface area contributed by atoms with Crippen LogP contribution >= 0.6 is 15.9 Å². The SMILES string of the molecule is CCCCCCCCC(Cc1ccc(Br)cc1)NCC. The number of likely N-dealkylation sites (N-methyl/N-ethyl adjacent to an activating group) is 1. The largest absolute Gasteiger partial charge is 0.314 e. The van der Waals surface area contributed by atoms with Gasteiger partial charge in [-0.05, 0) is 37.1 Å². The van der Waals surface area contributed by atoms with Crippen LogP contribution < -0.4 is 5.32 Å². The molecule has 0 aliphatic carbocycles. The molecule has 1 aromatic rings. The molecule has 0 saturated heterocycles. The molecule has 1 rings (SSSR count). The van der Waals surface area contributed by atoms with Crippen molar-refractivity contribution in [2.75, 3.05) is 6.54 Å². The molecule has 1 nitrogen and oxygen atoms in total. The molecule has 1 aromatic carbocycles. The summed E-state index contributed by atoms with van der Waals surface area (Å²) < 4.78 is 1.16. The maximum absolute atomic E-state index is 3.64. The Kier molecular flexibility index (Phi) is 10.0. The molecule has 0 amide bonds. The molecule has 0 spiro atoms. The number of nitrogens with one attached hydrogen (secondary N) is 1. The predicted molar refractivity (Wildman–Crippen MR) is 93.3 cm³/mol. The fourth-order valence-electron chi connectivity index (χ4n) is 2.64. The number of unbranched alkanes of at least 4 members (excludes halogenated alkanes) is 5. The monoisotopic (exact) mass is 339 g/mol. The van der Waals surface area contributed by atoms with Gasteiger partial charge >= 0.3 is 0 Å². The van der Waals surface area contributed by atoms with Crippen molar-refractivity contribution >= 4 is 15.9 Å². The second kappa shape index (κ2) is 11.3. The smallest absolute Gasteiger partial charge is 0.0175 e. The summed E-state index contributed by atoms with van der Waals surface area (Å²) in [5.74, 6) is 0. The van der Waals surface area contributed by atoms with E-state index in [-0.39, 0.29) is 0 Å². The van der Waals surface area contributed by atoms with Crippen LogP contribution in [0.5, 0.6) is 0 Å². The Labute approximate surface area is 133 Å². The van der Waals surface area contributed by atoms with E-state index in [2.05, 4.69) is 59.4 Å². The zero-order chi connectivity index (χ0) is 14.6. The summed E-state index contributed by atoms with van der Waals surface area (Å²) in [5.41, 5.74) is 1.44. The summed E-state index contributed by atoms with van der Waals surface area (Å²) in [7, 11) is 0. The van der Waals surface area contributed by atoms with Gasteiger partial charge in [0.05, 0.1) is 0 Å². The highest BCUT2D eigenvalue weighted by atomic mass is 79.9. The second-order valence-electron chi connectivity index (χ2n) is 5.64. The molecule has 0 bridgehead atoms. The Bertz CT molecular complexity index is 334. The Morgan fingerprint density at radius 1 is 0.950 bits per heavy atom. The van der Waals surface area contributed by atoms with Crippen molar-refractivity contribution in [2.45, 2.75) is 71.3 Å². The second-order valence-corrected chi connectivity index (χ2v) is 6.56. The third-order valence-corrected chi connectivity index (χ3v) is 4.32. The number of halogens is 1. The molecule has 114 valence electrons. The van der Waals surface area contributed by atoms with E-state index >= 15 is 0 Å².